The number of carbonyl (C=O) groups is 1. The van der Waals surface area contributed by atoms with Gasteiger partial charge in [-0.1, -0.05) is 60.7 Å². The first-order chi connectivity index (χ1) is 12.7. The van der Waals surface area contributed by atoms with E-state index in [9.17, 15) is 4.79 Å². The number of carbonyl (C=O) groups excluding carboxylic acids is 1. The van der Waals surface area contributed by atoms with Crippen LogP contribution in [0.25, 0.3) is 0 Å². The van der Waals surface area contributed by atoms with E-state index in [2.05, 4.69) is 57.6 Å². The van der Waals surface area contributed by atoms with Gasteiger partial charge in [0, 0.05) is 45.7 Å². The molecule has 4 nitrogen and oxygen atoms in total. The number of amides is 1. The van der Waals surface area contributed by atoms with Crippen molar-refractivity contribution in [2.45, 2.75) is 25.9 Å². The second kappa shape index (κ2) is 9.51. The van der Waals surface area contributed by atoms with E-state index in [1.807, 2.05) is 25.1 Å². The molecule has 2 aromatic rings. The van der Waals surface area contributed by atoms with Crippen LogP contribution < -0.4 is 5.32 Å². The summed E-state index contributed by atoms with van der Waals surface area (Å²) in [5.74, 6) is 0.132. The molecule has 1 heterocycles. The second-order valence-electron chi connectivity index (χ2n) is 7.05. The minimum atomic E-state index is 0.0615. The molecule has 0 spiro atoms. The topological polar surface area (TPSA) is 35.6 Å². The summed E-state index contributed by atoms with van der Waals surface area (Å²) in [6, 6.07) is 20.8. The first kappa shape index (κ1) is 18.6. The summed E-state index contributed by atoms with van der Waals surface area (Å²) >= 11 is 0. The molecule has 1 fully saturated rings. The quantitative estimate of drug-likeness (QED) is 0.833. The monoisotopic (exact) mass is 351 g/mol. The van der Waals surface area contributed by atoms with Gasteiger partial charge in [-0.15, -0.1) is 0 Å². The number of nitrogens with zero attached hydrogens (tertiary/aromatic N) is 2. The van der Waals surface area contributed by atoms with Crippen molar-refractivity contribution < 1.29 is 4.79 Å². The van der Waals surface area contributed by atoms with E-state index in [0.717, 1.165) is 44.8 Å². The van der Waals surface area contributed by atoms with Crippen LogP contribution in [0.1, 0.15) is 30.5 Å². The van der Waals surface area contributed by atoms with Gasteiger partial charge in [0.2, 0.25) is 5.91 Å². The zero-order valence-electron chi connectivity index (χ0n) is 15.6. The highest BCUT2D eigenvalue weighted by Crippen LogP contribution is 2.12. The van der Waals surface area contributed by atoms with E-state index in [1.165, 1.54) is 5.56 Å². The lowest BCUT2D eigenvalue weighted by Gasteiger charge is -2.34. The average Bonchev–Trinajstić information content (AvgIpc) is 2.69. The number of rotatable bonds is 7. The summed E-state index contributed by atoms with van der Waals surface area (Å²) in [6.07, 6.45) is 0.565. The maximum absolute atomic E-state index is 12.2. The van der Waals surface area contributed by atoms with Crippen LogP contribution in [0.4, 0.5) is 0 Å². The summed E-state index contributed by atoms with van der Waals surface area (Å²) < 4.78 is 0. The maximum Gasteiger partial charge on any atom is 0.221 e. The Morgan fingerprint density at radius 2 is 1.50 bits per heavy atom. The Labute approximate surface area is 156 Å². The first-order valence-corrected chi connectivity index (χ1v) is 9.53. The summed E-state index contributed by atoms with van der Waals surface area (Å²) in [5.41, 5.74) is 2.52. The molecule has 1 atom stereocenters. The molecule has 1 aliphatic rings. The van der Waals surface area contributed by atoms with Gasteiger partial charge in [-0.3, -0.25) is 9.69 Å². The van der Waals surface area contributed by atoms with Crippen LogP contribution in [0, 0.1) is 0 Å². The van der Waals surface area contributed by atoms with Crippen LogP contribution in [-0.2, 0) is 11.3 Å². The van der Waals surface area contributed by atoms with Crippen LogP contribution in [0.15, 0.2) is 60.7 Å². The van der Waals surface area contributed by atoms with Gasteiger partial charge in [-0.2, -0.15) is 0 Å². The lowest BCUT2D eigenvalue weighted by Crippen LogP contribution is -2.46. The molecule has 1 aliphatic heterocycles. The molecular formula is C22H29N3O. The van der Waals surface area contributed by atoms with Gasteiger partial charge < -0.3 is 10.2 Å². The van der Waals surface area contributed by atoms with E-state index in [-0.39, 0.29) is 11.9 Å². The van der Waals surface area contributed by atoms with E-state index in [0.29, 0.717) is 6.42 Å². The van der Waals surface area contributed by atoms with Crippen LogP contribution in [-0.4, -0.2) is 48.4 Å². The molecule has 4 heteroatoms. The zero-order valence-corrected chi connectivity index (χ0v) is 15.6. The van der Waals surface area contributed by atoms with Crippen molar-refractivity contribution in [3.63, 3.8) is 0 Å². The highest BCUT2D eigenvalue weighted by Gasteiger charge is 2.18. The second-order valence-corrected chi connectivity index (χ2v) is 7.05. The molecule has 0 aromatic heterocycles. The van der Waals surface area contributed by atoms with Gasteiger partial charge >= 0.3 is 0 Å². The van der Waals surface area contributed by atoms with Gasteiger partial charge in [-0.05, 0) is 18.1 Å². The van der Waals surface area contributed by atoms with Crippen LogP contribution in [0.2, 0.25) is 0 Å². The molecule has 1 amide bonds. The van der Waals surface area contributed by atoms with Crippen molar-refractivity contribution in [3.05, 3.63) is 71.8 Å². The number of benzene rings is 2. The smallest absolute Gasteiger partial charge is 0.221 e. The molecular weight excluding hydrogens is 322 g/mol. The van der Waals surface area contributed by atoms with Crippen molar-refractivity contribution >= 4 is 5.91 Å². The van der Waals surface area contributed by atoms with Gasteiger partial charge in [0.15, 0.2) is 0 Å². The third-order valence-corrected chi connectivity index (χ3v) is 5.05. The highest BCUT2D eigenvalue weighted by atomic mass is 16.1. The number of hydrogen-bond acceptors (Lipinski definition) is 3. The van der Waals surface area contributed by atoms with E-state index in [4.69, 9.17) is 0 Å². The molecule has 1 unspecified atom stereocenters. The third kappa shape index (κ3) is 5.68. The molecule has 138 valence electrons. The maximum atomic E-state index is 12.2. The molecule has 1 N–H and O–H groups in total. The predicted molar refractivity (Wildman–Crippen MR) is 106 cm³/mol. The molecule has 0 aliphatic carbocycles. The number of nitrogens with one attached hydrogen (secondary N) is 1. The average molecular weight is 351 g/mol. The van der Waals surface area contributed by atoms with Crippen molar-refractivity contribution in [1.29, 1.82) is 0 Å². The van der Waals surface area contributed by atoms with E-state index < -0.39 is 0 Å². The van der Waals surface area contributed by atoms with Crippen LogP contribution >= 0.6 is 0 Å². The van der Waals surface area contributed by atoms with Gasteiger partial charge in [0.1, 0.15) is 0 Å². The van der Waals surface area contributed by atoms with Crippen LogP contribution in [0.5, 0.6) is 0 Å². The van der Waals surface area contributed by atoms with Crippen molar-refractivity contribution in [3.8, 4) is 0 Å². The van der Waals surface area contributed by atoms with Gasteiger partial charge in [0.25, 0.3) is 0 Å². The predicted octanol–water partition coefficient (Wildman–Crippen LogP) is 3.07. The van der Waals surface area contributed by atoms with Crippen molar-refractivity contribution in [2.75, 3.05) is 32.7 Å². The Hall–Kier alpha value is -2.17. The SMILES string of the molecule is CC(NC(=O)CCN1CCN(Cc2ccccc2)CC1)c1ccccc1. The van der Waals surface area contributed by atoms with Crippen LogP contribution in [0.3, 0.4) is 0 Å². The summed E-state index contributed by atoms with van der Waals surface area (Å²) in [4.78, 5) is 17.1. The largest absolute Gasteiger partial charge is 0.350 e. The molecule has 0 bridgehead atoms. The third-order valence-electron chi connectivity index (χ3n) is 5.05. The molecule has 26 heavy (non-hydrogen) atoms. The van der Waals surface area contributed by atoms with Gasteiger partial charge in [0.05, 0.1) is 6.04 Å². The minimum absolute atomic E-state index is 0.0615. The fourth-order valence-corrected chi connectivity index (χ4v) is 3.41. The molecule has 0 saturated carbocycles. The summed E-state index contributed by atoms with van der Waals surface area (Å²) in [6.45, 7) is 8.10. The fraction of sp³-hybridized carbons (Fsp3) is 0.409. The Balaban J connectivity index is 1.35. The zero-order chi connectivity index (χ0) is 18.2. The number of piperazine rings is 1. The summed E-state index contributed by atoms with van der Waals surface area (Å²) in [5, 5.41) is 3.10. The standard InChI is InChI=1S/C22H29N3O/c1-19(21-10-6-3-7-11-21)23-22(26)12-13-24-14-16-25(17-15-24)18-20-8-4-2-5-9-20/h2-11,19H,12-18H2,1H3,(H,23,26). The highest BCUT2D eigenvalue weighted by molar-refractivity contribution is 5.76. The lowest BCUT2D eigenvalue weighted by molar-refractivity contribution is -0.122. The summed E-state index contributed by atoms with van der Waals surface area (Å²) in [7, 11) is 0. The molecule has 1 saturated heterocycles. The molecule has 2 aromatic carbocycles. The molecule has 3 rings (SSSR count). The Bertz CT molecular complexity index is 666. The fourth-order valence-electron chi connectivity index (χ4n) is 3.41. The normalized spacial score (nSPS) is 17.0. The van der Waals surface area contributed by atoms with E-state index >= 15 is 0 Å². The van der Waals surface area contributed by atoms with Gasteiger partial charge in [-0.25, -0.2) is 0 Å². The Morgan fingerprint density at radius 3 is 2.15 bits per heavy atom. The van der Waals surface area contributed by atoms with Crippen molar-refractivity contribution in [1.82, 2.24) is 15.1 Å². The number of hydrogen-bond donors (Lipinski definition) is 1. The minimum Gasteiger partial charge on any atom is -0.350 e. The van der Waals surface area contributed by atoms with Crippen molar-refractivity contribution in [2.24, 2.45) is 0 Å². The lowest BCUT2D eigenvalue weighted by atomic mass is 10.1. The Morgan fingerprint density at radius 1 is 0.923 bits per heavy atom. The first-order valence-electron chi connectivity index (χ1n) is 9.53. The Kier molecular flexibility index (Phi) is 6.81. The van der Waals surface area contributed by atoms with E-state index in [1.54, 1.807) is 0 Å². The molecule has 0 radical (unpaired) electrons.